The molecule has 1 heterocycles. The Morgan fingerprint density at radius 3 is 2.56 bits per heavy atom. The van der Waals surface area contributed by atoms with Crippen LogP contribution in [0.2, 0.25) is 0 Å². The zero-order chi connectivity index (χ0) is 19.1. The van der Waals surface area contributed by atoms with Gasteiger partial charge in [-0.05, 0) is 43.0 Å². The van der Waals surface area contributed by atoms with Gasteiger partial charge in [0.2, 0.25) is 0 Å². The van der Waals surface area contributed by atoms with Gasteiger partial charge in [-0.25, -0.2) is 9.98 Å². The molecule has 150 valence electrons. The molecule has 2 aromatic rings. The molecule has 1 aromatic carbocycles. The van der Waals surface area contributed by atoms with E-state index in [1.54, 1.807) is 11.3 Å². The van der Waals surface area contributed by atoms with Crippen molar-refractivity contribution in [3.63, 3.8) is 0 Å². The molecule has 0 spiro atoms. The molecule has 5 nitrogen and oxygen atoms in total. The molecule has 2 N–H and O–H groups in total. The number of nitrogens with zero attached hydrogens (tertiary/aromatic N) is 3. The lowest BCUT2D eigenvalue weighted by Gasteiger charge is -2.15. The maximum Gasteiger partial charge on any atom is 0.191 e. The Hall–Kier alpha value is -1.35. The van der Waals surface area contributed by atoms with Crippen LogP contribution in [0.4, 0.5) is 5.69 Å². The third-order valence-electron chi connectivity index (χ3n) is 4.16. The minimum atomic E-state index is 0. The molecule has 0 saturated carbocycles. The zero-order valence-electron chi connectivity index (χ0n) is 17.2. The number of aliphatic imine (C=N–C) groups is 1. The van der Waals surface area contributed by atoms with Crippen molar-refractivity contribution in [3.8, 4) is 0 Å². The molecule has 27 heavy (non-hydrogen) atoms. The summed E-state index contributed by atoms with van der Waals surface area (Å²) in [4.78, 5) is 11.5. The van der Waals surface area contributed by atoms with E-state index < -0.39 is 0 Å². The lowest BCUT2D eigenvalue weighted by molar-refractivity contribution is 0.787. The van der Waals surface area contributed by atoms with Gasteiger partial charge in [0.1, 0.15) is 5.01 Å². The summed E-state index contributed by atoms with van der Waals surface area (Å²) in [7, 11) is 4.12. The number of hydrogen-bond donors (Lipinski definition) is 2. The maximum absolute atomic E-state index is 4.73. The predicted octanol–water partition coefficient (Wildman–Crippen LogP) is 4.51. The average Bonchev–Trinajstić information content (AvgIpc) is 3.07. The Morgan fingerprint density at radius 2 is 2.00 bits per heavy atom. The van der Waals surface area contributed by atoms with Crippen molar-refractivity contribution in [2.45, 2.75) is 46.7 Å². The molecule has 2 rings (SSSR count). The number of nitrogens with one attached hydrogen (secondary N) is 2. The molecule has 0 atom stereocenters. The van der Waals surface area contributed by atoms with Crippen LogP contribution in [0.15, 0.2) is 28.6 Å². The van der Waals surface area contributed by atoms with Crippen LogP contribution in [0, 0.1) is 6.92 Å². The topological polar surface area (TPSA) is 52.6 Å². The molecule has 1 aromatic heterocycles. The highest BCUT2D eigenvalue weighted by Crippen LogP contribution is 2.19. The lowest BCUT2D eigenvalue weighted by atomic mass is 10.1. The van der Waals surface area contributed by atoms with Gasteiger partial charge >= 0.3 is 0 Å². The highest BCUT2D eigenvalue weighted by molar-refractivity contribution is 14.0. The van der Waals surface area contributed by atoms with Crippen molar-refractivity contribution in [2.75, 3.05) is 25.5 Å². The Morgan fingerprint density at radius 1 is 1.26 bits per heavy atom. The van der Waals surface area contributed by atoms with E-state index in [2.05, 4.69) is 85.9 Å². The summed E-state index contributed by atoms with van der Waals surface area (Å²) in [5, 5.41) is 9.93. The first-order chi connectivity index (χ1) is 12.4. The summed E-state index contributed by atoms with van der Waals surface area (Å²) in [5.41, 5.74) is 4.87. The van der Waals surface area contributed by atoms with Gasteiger partial charge in [0.25, 0.3) is 0 Å². The van der Waals surface area contributed by atoms with E-state index in [1.807, 2.05) is 0 Å². The lowest BCUT2D eigenvalue weighted by Crippen LogP contribution is -2.36. The van der Waals surface area contributed by atoms with E-state index in [0.29, 0.717) is 19.0 Å². The van der Waals surface area contributed by atoms with Crippen LogP contribution in [0.5, 0.6) is 0 Å². The van der Waals surface area contributed by atoms with Crippen LogP contribution in [-0.2, 0) is 13.1 Å². The molecule has 0 aliphatic rings. The monoisotopic (exact) mass is 501 g/mol. The van der Waals surface area contributed by atoms with Gasteiger partial charge in [0.15, 0.2) is 5.96 Å². The third-order valence-corrected chi connectivity index (χ3v) is 5.03. The number of thiazole rings is 1. The first-order valence-electron chi connectivity index (χ1n) is 9.14. The quantitative estimate of drug-likeness (QED) is 0.333. The highest BCUT2D eigenvalue weighted by Gasteiger charge is 2.07. The van der Waals surface area contributed by atoms with E-state index in [0.717, 1.165) is 23.2 Å². The second-order valence-corrected chi connectivity index (χ2v) is 7.82. The standard InChI is InChI=1S/C20H31N5S.HI/c1-7-21-20(23-12-19-24-18(13-26-19)14(2)3)22-11-16-8-9-17(25(5)6)10-15(16)4;/h8-10,13-14H,7,11-12H2,1-6H3,(H2,21,22,23);1H. The summed E-state index contributed by atoms with van der Waals surface area (Å²) < 4.78 is 0. The van der Waals surface area contributed by atoms with Crippen molar-refractivity contribution in [3.05, 3.63) is 45.4 Å². The summed E-state index contributed by atoms with van der Waals surface area (Å²) in [6, 6.07) is 6.50. The molecule has 0 aliphatic heterocycles. The Labute approximate surface area is 184 Å². The molecule has 7 heteroatoms. The molecule has 0 unspecified atom stereocenters. The fourth-order valence-electron chi connectivity index (χ4n) is 2.47. The average molecular weight is 501 g/mol. The Bertz CT molecular complexity index is 740. The number of aryl methyl sites for hydroxylation is 1. The van der Waals surface area contributed by atoms with E-state index in [4.69, 9.17) is 4.99 Å². The molecular weight excluding hydrogens is 469 g/mol. The molecule has 0 bridgehead atoms. The van der Waals surface area contributed by atoms with Gasteiger partial charge in [0, 0.05) is 31.7 Å². The smallest absolute Gasteiger partial charge is 0.191 e. The van der Waals surface area contributed by atoms with Crippen LogP contribution in [0.25, 0.3) is 0 Å². The number of hydrogen-bond acceptors (Lipinski definition) is 4. The Kier molecular flexibility index (Phi) is 10.1. The summed E-state index contributed by atoms with van der Waals surface area (Å²) in [6.45, 7) is 10.7. The summed E-state index contributed by atoms with van der Waals surface area (Å²) in [5.74, 6) is 1.29. The first-order valence-corrected chi connectivity index (χ1v) is 10.0. The third kappa shape index (κ3) is 7.29. The molecule has 0 amide bonds. The van der Waals surface area contributed by atoms with E-state index in [-0.39, 0.29) is 24.0 Å². The van der Waals surface area contributed by atoms with E-state index in [1.165, 1.54) is 16.8 Å². The number of halogens is 1. The molecule has 0 fully saturated rings. The van der Waals surface area contributed by atoms with Gasteiger partial charge in [-0.3, -0.25) is 0 Å². The van der Waals surface area contributed by atoms with Crippen molar-refractivity contribution < 1.29 is 0 Å². The van der Waals surface area contributed by atoms with Gasteiger partial charge in [0.05, 0.1) is 18.8 Å². The minimum absolute atomic E-state index is 0. The number of guanidine groups is 1. The van der Waals surface area contributed by atoms with Crippen molar-refractivity contribution in [1.82, 2.24) is 15.6 Å². The summed E-state index contributed by atoms with van der Waals surface area (Å²) in [6.07, 6.45) is 0. The van der Waals surface area contributed by atoms with E-state index >= 15 is 0 Å². The first kappa shape index (κ1) is 23.7. The second kappa shape index (κ2) is 11.5. The number of anilines is 1. The van der Waals surface area contributed by atoms with Crippen molar-refractivity contribution >= 4 is 47.0 Å². The fraction of sp³-hybridized carbons (Fsp3) is 0.500. The number of aromatic nitrogens is 1. The normalized spacial score (nSPS) is 11.3. The van der Waals surface area contributed by atoms with Gasteiger partial charge in [-0.1, -0.05) is 19.9 Å². The summed E-state index contributed by atoms with van der Waals surface area (Å²) >= 11 is 1.70. The SMILES string of the molecule is CCNC(=NCc1ccc(N(C)C)cc1C)NCc1nc(C(C)C)cs1.I. The Balaban J connectivity index is 0.00000364. The van der Waals surface area contributed by atoms with Crippen LogP contribution >= 0.6 is 35.3 Å². The number of benzene rings is 1. The number of rotatable bonds is 7. The molecule has 0 saturated heterocycles. The minimum Gasteiger partial charge on any atom is -0.378 e. The van der Waals surface area contributed by atoms with Crippen LogP contribution in [0.1, 0.15) is 48.5 Å². The van der Waals surface area contributed by atoms with Crippen LogP contribution in [-0.4, -0.2) is 31.6 Å². The fourth-order valence-corrected chi connectivity index (χ4v) is 3.37. The predicted molar refractivity (Wildman–Crippen MR) is 129 cm³/mol. The van der Waals surface area contributed by atoms with Crippen LogP contribution in [0.3, 0.4) is 0 Å². The van der Waals surface area contributed by atoms with Gasteiger partial charge in [-0.2, -0.15) is 0 Å². The molecular formula is C20H32IN5S. The largest absolute Gasteiger partial charge is 0.378 e. The van der Waals surface area contributed by atoms with Crippen molar-refractivity contribution in [2.24, 2.45) is 4.99 Å². The van der Waals surface area contributed by atoms with Crippen LogP contribution < -0.4 is 15.5 Å². The highest BCUT2D eigenvalue weighted by atomic mass is 127. The van der Waals surface area contributed by atoms with E-state index in [9.17, 15) is 0 Å². The molecule has 0 radical (unpaired) electrons. The second-order valence-electron chi connectivity index (χ2n) is 6.87. The zero-order valence-corrected chi connectivity index (χ0v) is 20.3. The van der Waals surface area contributed by atoms with Crippen molar-refractivity contribution in [1.29, 1.82) is 0 Å². The molecule has 0 aliphatic carbocycles. The van der Waals surface area contributed by atoms with Gasteiger partial charge < -0.3 is 15.5 Å². The van der Waals surface area contributed by atoms with Gasteiger partial charge in [-0.15, -0.1) is 35.3 Å². The maximum atomic E-state index is 4.73.